The van der Waals surface area contributed by atoms with E-state index in [0.29, 0.717) is 17.9 Å². The summed E-state index contributed by atoms with van der Waals surface area (Å²) in [7, 11) is 0. The Hall–Kier alpha value is -3.19. The van der Waals surface area contributed by atoms with Crippen molar-refractivity contribution in [2.75, 3.05) is 19.6 Å². The number of hydrazone groups is 1. The van der Waals surface area contributed by atoms with Gasteiger partial charge in [-0.05, 0) is 75.7 Å². The number of fused-ring (bicyclic) bond motifs is 1. The summed E-state index contributed by atoms with van der Waals surface area (Å²) in [5.41, 5.74) is 6.85. The largest absolute Gasteiger partial charge is 0.489 e. The number of benzene rings is 2. The first kappa shape index (κ1) is 22.6. The molecular weight excluding hydrogens is 428 g/mol. The van der Waals surface area contributed by atoms with Crippen LogP contribution < -0.4 is 10.2 Å². The highest BCUT2D eigenvalue weighted by atomic mass is 16.5. The number of rotatable bonds is 7. The molecule has 3 heterocycles. The first-order chi connectivity index (χ1) is 16.6. The van der Waals surface area contributed by atoms with Crippen LogP contribution in [-0.2, 0) is 4.79 Å². The van der Waals surface area contributed by atoms with Gasteiger partial charge < -0.3 is 9.15 Å². The van der Waals surface area contributed by atoms with Crippen LogP contribution in [0.15, 0.2) is 52.0 Å². The van der Waals surface area contributed by atoms with Gasteiger partial charge in [0.25, 0.3) is 0 Å². The van der Waals surface area contributed by atoms with Crippen LogP contribution in [0.3, 0.4) is 0 Å². The van der Waals surface area contributed by atoms with Gasteiger partial charge in [-0.25, -0.2) is 10.4 Å². The quantitative estimate of drug-likeness (QED) is 0.537. The van der Waals surface area contributed by atoms with Crippen molar-refractivity contribution >= 4 is 22.7 Å². The van der Waals surface area contributed by atoms with Crippen LogP contribution in [0.4, 0.5) is 0 Å². The van der Waals surface area contributed by atoms with Gasteiger partial charge in [-0.1, -0.05) is 19.4 Å². The number of oxazole rings is 1. The van der Waals surface area contributed by atoms with E-state index in [9.17, 15) is 4.79 Å². The van der Waals surface area contributed by atoms with Crippen molar-refractivity contribution in [3.05, 3.63) is 48.0 Å². The number of hydrogen-bond donors (Lipinski definition) is 1. The highest BCUT2D eigenvalue weighted by Gasteiger charge is 2.24. The maximum absolute atomic E-state index is 11.7. The number of nitrogens with zero attached hydrogens (tertiary/aromatic N) is 3. The zero-order valence-corrected chi connectivity index (χ0v) is 19.9. The van der Waals surface area contributed by atoms with Crippen molar-refractivity contribution in [3.63, 3.8) is 0 Å². The van der Waals surface area contributed by atoms with Crippen LogP contribution in [0, 0.1) is 5.92 Å². The summed E-state index contributed by atoms with van der Waals surface area (Å²) >= 11 is 0. The smallest absolute Gasteiger partial charge is 0.240 e. The molecule has 1 saturated heterocycles. The maximum Gasteiger partial charge on any atom is 0.240 e. The minimum absolute atomic E-state index is 0.0352. The van der Waals surface area contributed by atoms with Crippen molar-refractivity contribution in [2.45, 2.75) is 52.1 Å². The fraction of sp³-hybridized carbons (Fsp3) is 0.444. The molecule has 2 aliphatic rings. The van der Waals surface area contributed by atoms with Crippen LogP contribution in [0.25, 0.3) is 22.6 Å². The molecule has 0 radical (unpaired) electrons. The summed E-state index contributed by atoms with van der Waals surface area (Å²) in [5.74, 6) is 1.51. The molecule has 2 atom stereocenters. The van der Waals surface area contributed by atoms with Gasteiger partial charge in [-0.2, -0.15) is 5.10 Å². The third kappa shape index (κ3) is 4.99. The molecule has 2 aromatic carbocycles. The third-order valence-corrected chi connectivity index (χ3v) is 6.70. The Bertz CT molecular complexity index is 1180. The second-order valence-corrected chi connectivity index (χ2v) is 9.36. The molecule has 1 fully saturated rings. The zero-order valence-electron chi connectivity index (χ0n) is 19.9. The van der Waals surface area contributed by atoms with Gasteiger partial charge in [-0.15, -0.1) is 0 Å². The van der Waals surface area contributed by atoms with Crippen molar-refractivity contribution in [2.24, 2.45) is 11.0 Å². The van der Waals surface area contributed by atoms with Gasteiger partial charge in [0.1, 0.15) is 17.4 Å². The lowest BCUT2D eigenvalue weighted by Crippen LogP contribution is -2.37. The molecule has 0 spiro atoms. The summed E-state index contributed by atoms with van der Waals surface area (Å²) in [5, 5.41) is 4.31. The Kier molecular flexibility index (Phi) is 6.63. The van der Waals surface area contributed by atoms with Crippen LogP contribution in [0.2, 0.25) is 0 Å². The SMILES string of the molecule is CC[C@@H]1CC(=O)NN=C1c1ccc2nc(-c3ccc(OC(C)CN4CCCCC4)cc3)oc2c1. The molecule has 34 heavy (non-hydrogen) atoms. The molecule has 1 N–H and O–H groups in total. The molecule has 1 aromatic heterocycles. The van der Waals surface area contributed by atoms with Gasteiger partial charge in [0, 0.05) is 30.0 Å². The predicted octanol–water partition coefficient (Wildman–Crippen LogP) is 5.00. The average Bonchev–Trinajstić information content (AvgIpc) is 3.28. The number of nitrogens with one attached hydrogen (secondary N) is 1. The van der Waals surface area contributed by atoms with Gasteiger partial charge in [-0.3, -0.25) is 9.69 Å². The second kappa shape index (κ2) is 9.97. The average molecular weight is 461 g/mol. The van der Waals surface area contributed by atoms with Crippen molar-refractivity contribution in [1.29, 1.82) is 0 Å². The van der Waals surface area contributed by atoms with Gasteiger partial charge in [0.15, 0.2) is 5.58 Å². The molecule has 3 aromatic rings. The predicted molar refractivity (Wildman–Crippen MR) is 133 cm³/mol. The normalized spacial score (nSPS) is 20.1. The van der Waals surface area contributed by atoms with E-state index in [1.807, 2.05) is 42.5 Å². The molecule has 1 amide bonds. The number of hydrogen-bond acceptors (Lipinski definition) is 6. The number of ether oxygens (including phenoxy) is 1. The van der Waals surface area contributed by atoms with Gasteiger partial charge >= 0.3 is 0 Å². The number of carbonyl (C=O) groups excluding carboxylic acids is 1. The number of amides is 1. The van der Waals surface area contributed by atoms with Crippen molar-refractivity contribution in [1.82, 2.24) is 15.3 Å². The Labute approximate surface area is 200 Å². The second-order valence-electron chi connectivity index (χ2n) is 9.36. The molecule has 0 saturated carbocycles. The summed E-state index contributed by atoms with van der Waals surface area (Å²) in [4.78, 5) is 18.9. The lowest BCUT2D eigenvalue weighted by Gasteiger charge is -2.29. The summed E-state index contributed by atoms with van der Waals surface area (Å²) < 4.78 is 12.2. The van der Waals surface area contributed by atoms with Crippen molar-refractivity contribution in [3.8, 4) is 17.2 Å². The number of likely N-dealkylation sites (tertiary alicyclic amines) is 1. The molecule has 7 nitrogen and oxygen atoms in total. The molecular formula is C27H32N4O3. The Balaban J connectivity index is 1.29. The van der Waals surface area contributed by atoms with E-state index in [-0.39, 0.29) is 17.9 Å². The van der Waals surface area contributed by atoms with Crippen LogP contribution >= 0.6 is 0 Å². The molecule has 5 rings (SSSR count). The van der Waals surface area contributed by atoms with E-state index in [0.717, 1.165) is 41.1 Å². The van der Waals surface area contributed by atoms with Crippen LogP contribution in [-0.4, -0.2) is 47.2 Å². The van der Waals surface area contributed by atoms with E-state index in [1.54, 1.807) is 0 Å². The Morgan fingerprint density at radius 3 is 2.65 bits per heavy atom. The monoisotopic (exact) mass is 460 g/mol. The number of carbonyl (C=O) groups is 1. The van der Waals surface area contributed by atoms with Crippen LogP contribution in [0.1, 0.15) is 51.5 Å². The van der Waals surface area contributed by atoms with Gasteiger partial charge in [0.2, 0.25) is 11.8 Å². The summed E-state index contributed by atoms with van der Waals surface area (Å²) in [6, 6.07) is 13.8. The minimum atomic E-state index is -0.0352. The zero-order chi connectivity index (χ0) is 23.5. The van der Waals surface area contributed by atoms with E-state index in [1.165, 1.54) is 32.4 Å². The maximum atomic E-state index is 11.7. The van der Waals surface area contributed by atoms with Crippen molar-refractivity contribution < 1.29 is 13.9 Å². The first-order valence-corrected chi connectivity index (χ1v) is 12.4. The third-order valence-electron chi connectivity index (χ3n) is 6.70. The lowest BCUT2D eigenvalue weighted by atomic mass is 9.90. The summed E-state index contributed by atoms with van der Waals surface area (Å²) in [6.07, 6.45) is 5.38. The minimum Gasteiger partial charge on any atom is -0.489 e. The molecule has 0 aliphatic carbocycles. The molecule has 2 aliphatic heterocycles. The highest BCUT2D eigenvalue weighted by molar-refractivity contribution is 6.07. The van der Waals surface area contributed by atoms with E-state index < -0.39 is 0 Å². The fourth-order valence-corrected chi connectivity index (χ4v) is 4.88. The molecule has 178 valence electrons. The Morgan fingerprint density at radius 1 is 1.12 bits per heavy atom. The van der Waals surface area contributed by atoms with E-state index in [4.69, 9.17) is 9.15 Å². The standard InChI is InChI=1S/C27H32N4O3/c1-3-19-16-25(32)29-30-26(19)21-9-12-23-24(15-21)34-27(28-23)20-7-10-22(11-8-20)33-18(2)17-31-13-5-4-6-14-31/h7-12,15,18-19H,3-6,13-14,16-17H2,1-2H3,(H,29,32)/t18?,19-/m1/s1. The molecule has 7 heteroatoms. The molecule has 0 bridgehead atoms. The van der Waals surface area contributed by atoms with E-state index in [2.05, 4.69) is 34.3 Å². The first-order valence-electron chi connectivity index (χ1n) is 12.4. The Morgan fingerprint density at radius 2 is 1.88 bits per heavy atom. The lowest BCUT2D eigenvalue weighted by molar-refractivity contribution is -0.122. The fourth-order valence-electron chi connectivity index (χ4n) is 4.88. The number of piperidine rings is 1. The topological polar surface area (TPSA) is 80.0 Å². The van der Waals surface area contributed by atoms with Crippen LogP contribution in [0.5, 0.6) is 5.75 Å². The summed E-state index contributed by atoms with van der Waals surface area (Å²) in [6.45, 7) is 7.51. The number of aromatic nitrogens is 1. The van der Waals surface area contributed by atoms with E-state index >= 15 is 0 Å². The van der Waals surface area contributed by atoms with Gasteiger partial charge in [0.05, 0.1) is 5.71 Å². The highest BCUT2D eigenvalue weighted by Crippen LogP contribution is 2.28. The molecule has 1 unspecified atom stereocenters.